The van der Waals surface area contributed by atoms with Gasteiger partial charge in [0.05, 0.1) is 0 Å². The first-order valence-corrected chi connectivity index (χ1v) is 7.30. The van der Waals surface area contributed by atoms with Gasteiger partial charge < -0.3 is 5.32 Å². The Hall–Kier alpha value is -0.240. The SMILES string of the molecule is CCNCC1(c2ccc(Cl)cc2Cl)CC(C)(C)C1. The molecule has 0 spiro atoms. The molecule has 0 atom stereocenters. The predicted octanol–water partition coefficient (Wildman–Crippen LogP) is 4.66. The predicted molar refractivity (Wildman–Crippen MR) is 79.7 cm³/mol. The first kappa shape index (κ1) is 14.2. The van der Waals surface area contributed by atoms with Crippen LogP contribution in [0.3, 0.4) is 0 Å². The van der Waals surface area contributed by atoms with Crippen LogP contribution in [0, 0.1) is 5.41 Å². The van der Waals surface area contributed by atoms with E-state index < -0.39 is 0 Å². The molecule has 1 aromatic carbocycles. The topological polar surface area (TPSA) is 12.0 Å². The second-order valence-electron chi connectivity index (χ2n) is 6.20. The van der Waals surface area contributed by atoms with Crippen molar-refractivity contribution in [3.8, 4) is 0 Å². The fourth-order valence-corrected chi connectivity index (χ4v) is 4.08. The van der Waals surface area contributed by atoms with E-state index in [1.54, 1.807) is 0 Å². The second-order valence-corrected chi connectivity index (χ2v) is 7.05. The molecule has 1 aliphatic carbocycles. The number of hydrogen-bond donors (Lipinski definition) is 1. The highest BCUT2D eigenvalue weighted by atomic mass is 35.5. The summed E-state index contributed by atoms with van der Waals surface area (Å²) in [5.41, 5.74) is 1.84. The summed E-state index contributed by atoms with van der Waals surface area (Å²) in [6, 6.07) is 5.90. The summed E-state index contributed by atoms with van der Waals surface area (Å²) >= 11 is 12.4. The number of benzene rings is 1. The van der Waals surface area contributed by atoms with Crippen LogP contribution in [0.2, 0.25) is 10.0 Å². The van der Waals surface area contributed by atoms with Gasteiger partial charge in [0.2, 0.25) is 0 Å². The minimum Gasteiger partial charge on any atom is -0.316 e. The molecule has 1 N–H and O–H groups in total. The number of rotatable bonds is 4. The number of nitrogens with one attached hydrogen (secondary N) is 1. The summed E-state index contributed by atoms with van der Waals surface area (Å²) in [6.07, 6.45) is 2.35. The van der Waals surface area contributed by atoms with E-state index >= 15 is 0 Å². The third-order valence-corrected chi connectivity index (χ3v) is 4.40. The van der Waals surface area contributed by atoms with Gasteiger partial charge in [-0.1, -0.05) is 50.0 Å². The maximum absolute atomic E-state index is 6.39. The van der Waals surface area contributed by atoms with Gasteiger partial charge in [-0.15, -0.1) is 0 Å². The molecule has 0 unspecified atom stereocenters. The Morgan fingerprint density at radius 2 is 1.89 bits per heavy atom. The fraction of sp³-hybridized carbons (Fsp3) is 0.600. The standard InChI is InChI=1S/C15H21Cl2N/c1-4-18-10-15(8-14(2,3)9-15)12-6-5-11(16)7-13(12)17/h5-7,18H,4,8-10H2,1-3H3. The molecule has 0 heterocycles. The molecule has 1 aliphatic rings. The normalized spacial score (nSPS) is 20.5. The molecule has 1 nitrogen and oxygen atoms in total. The molecule has 2 rings (SSSR count). The molecule has 100 valence electrons. The molecular formula is C15H21Cl2N. The van der Waals surface area contributed by atoms with Crippen LogP contribution in [0.15, 0.2) is 18.2 Å². The summed E-state index contributed by atoms with van der Waals surface area (Å²) in [5, 5.41) is 4.99. The van der Waals surface area contributed by atoms with Gasteiger partial charge >= 0.3 is 0 Å². The largest absolute Gasteiger partial charge is 0.316 e. The van der Waals surface area contributed by atoms with Gasteiger partial charge in [-0.2, -0.15) is 0 Å². The summed E-state index contributed by atoms with van der Waals surface area (Å²) in [5.74, 6) is 0. The van der Waals surface area contributed by atoms with Crippen LogP contribution in [0.25, 0.3) is 0 Å². The Kier molecular flexibility index (Phi) is 3.96. The minimum atomic E-state index is 0.182. The van der Waals surface area contributed by atoms with Gasteiger partial charge in [-0.05, 0) is 42.5 Å². The van der Waals surface area contributed by atoms with Crippen molar-refractivity contribution in [2.45, 2.75) is 39.0 Å². The zero-order valence-electron chi connectivity index (χ0n) is 11.3. The lowest BCUT2D eigenvalue weighted by atomic mass is 9.52. The summed E-state index contributed by atoms with van der Waals surface area (Å²) in [4.78, 5) is 0. The Morgan fingerprint density at radius 3 is 2.39 bits per heavy atom. The zero-order chi connectivity index (χ0) is 13.4. The maximum Gasteiger partial charge on any atom is 0.0458 e. The minimum absolute atomic E-state index is 0.182. The molecule has 0 bridgehead atoms. The van der Waals surface area contributed by atoms with E-state index in [0.29, 0.717) is 10.4 Å². The molecule has 0 aromatic heterocycles. The van der Waals surface area contributed by atoms with Crippen LogP contribution in [-0.2, 0) is 5.41 Å². The molecule has 0 aliphatic heterocycles. The lowest BCUT2D eigenvalue weighted by molar-refractivity contribution is 0.0568. The highest BCUT2D eigenvalue weighted by Gasteiger charge is 2.50. The van der Waals surface area contributed by atoms with Gasteiger partial charge in [0.1, 0.15) is 0 Å². The van der Waals surface area contributed by atoms with Crippen LogP contribution >= 0.6 is 23.2 Å². The monoisotopic (exact) mass is 285 g/mol. The van der Waals surface area contributed by atoms with E-state index in [2.05, 4.69) is 32.2 Å². The maximum atomic E-state index is 6.39. The van der Waals surface area contributed by atoms with Crippen molar-refractivity contribution in [3.63, 3.8) is 0 Å². The van der Waals surface area contributed by atoms with Gasteiger partial charge in [-0.3, -0.25) is 0 Å². The van der Waals surface area contributed by atoms with Crippen molar-refractivity contribution in [2.75, 3.05) is 13.1 Å². The molecular weight excluding hydrogens is 265 g/mol. The first-order valence-electron chi connectivity index (χ1n) is 6.55. The molecule has 0 amide bonds. The lowest BCUT2D eigenvalue weighted by Crippen LogP contribution is -2.52. The Labute approximate surface area is 120 Å². The smallest absolute Gasteiger partial charge is 0.0458 e. The van der Waals surface area contributed by atoms with Crippen LogP contribution in [0.5, 0.6) is 0 Å². The average molecular weight is 286 g/mol. The molecule has 3 heteroatoms. The van der Waals surface area contributed by atoms with E-state index in [-0.39, 0.29) is 5.41 Å². The van der Waals surface area contributed by atoms with Crippen molar-refractivity contribution < 1.29 is 0 Å². The van der Waals surface area contributed by atoms with Crippen molar-refractivity contribution in [3.05, 3.63) is 33.8 Å². The van der Waals surface area contributed by atoms with Crippen molar-refractivity contribution >= 4 is 23.2 Å². The van der Waals surface area contributed by atoms with Gasteiger partial charge in [0.25, 0.3) is 0 Å². The van der Waals surface area contributed by atoms with Crippen LogP contribution in [0.4, 0.5) is 0 Å². The number of likely N-dealkylation sites (N-methyl/N-ethyl adjacent to an activating group) is 1. The highest BCUT2D eigenvalue weighted by molar-refractivity contribution is 6.35. The van der Waals surface area contributed by atoms with E-state index in [4.69, 9.17) is 23.2 Å². The molecule has 1 saturated carbocycles. The average Bonchev–Trinajstić information content (AvgIpc) is 2.23. The molecule has 0 saturated heterocycles. The third-order valence-electron chi connectivity index (χ3n) is 3.85. The third kappa shape index (κ3) is 2.68. The Morgan fingerprint density at radius 1 is 1.22 bits per heavy atom. The van der Waals surface area contributed by atoms with Gasteiger partial charge in [0, 0.05) is 22.0 Å². The summed E-state index contributed by atoms with van der Waals surface area (Å²) < 4.78 is 0. The number of hydrogen-bond acceptors (Lipinski definition) is 1. The van der Waals surface area contributed by atoms with Gasteiger partial charge in [-0.25, -0.2) is 0 Å². The number of halogens is 2. The van der Waals surface area contributed by atoms with E-state index in [1.165, 1.54) is 18.4 Å². The Bertz CT molecular complexity index is 432. The summed E-state index contributed by atoms with van der Waals surface area (Å²) in [7, 11) is 0. The molecule has 0 radical (unpaired) electrons. The van der Waals surface area contributed by atoms with Crippen molar-refractivity contribution in [1.82, 2.24) is 5.32 Å². The van der Waals surface area contributed by atoms with Crippen molar-refractivity contribution in [2.24, 2.45) is 5.41 Å². The van der Waals surface area contributed by atoms with E-state index in [9.17, 15) is 0 Å². The van der Waals surface area contributed by atoms with E-state index in [0.717, 1.165) is 18.1 Å². The van der Waals surface area contributed by atoms with Crippen LogP contribution in [0.1, 0.15) is 39.2 Å². The highest BCUT2D eigenvalue weighted by Crippen LogP contribution is 2.56. The Balaban J connectivity index is 2.30. The molecule has 1 aromatic rings. The second kappa shape index (κ2) is 5.03. The lowest BCUT2D eigenvalue weighted by Gasteiger charge is -2.54. The quantitative estimate of drug-likeness (QED) is 0.848. The van der Waals surface area contributed by atoms with E-state index in [1.807, 2.05) is 12.1 Å². The first-order chi connectivity index (χ1) is 8.38. The van der Waals surface area contributed by atoms with Crippen LogP contribution < -0.4 is 5.32 Å². The molecule has 1 fully saturated rings. The fourth-order valence-electron chi connectivity index (χ4n) is 3.47. The van der Waals surface area contributed by atoms with Crippen molar-refractivity contribution in [1.29, 1.82) is 0 Å². The van der Waals surface area contributed by atoms with Crippen LogP contribution in [-0.4, -0.2) is 13.1 Å². The van der Waals surface area contributed by atoms with Gasteiger partial charge in [0.15, 0.2) is 0 Å². The zero-order valence-corrected chi connectivity index (χ0v) is 12.8. The summed E-state index contributed by atoms with van der Waals surface area (Å²) in [6.45, 7) is 8.77. The molecule has 18 heavy (non-hydrogen) atoms.